The Bertz CT molecular complexity index is 462. The molecule has 1 saturated carbocycles. The summed E-state index contributed by atoms with van der Waals surface area (Å²) >= 11 is 0. The van der Waals surface area contributed by atoms with E-state index in [0.717, 1.165) is 38.5 Å². The molecular formula is C18H31ClN4. The summed E-state index contributed by atoms with van der Waals surface area (Å²) in [5.41, 5.74) is 1.75. The highest BCUT2D eigenvalue weighted by Gasteiger charge is 2.39. The number of hydrogen-bond donors (Lipinski definition) is 1. The van der Waals surface area contributed by atoms with E-state index >= 15 is 0 Å². The number of hydrogen-bond acceptors (Lipinski definition) is 4. The lowest BCUT2D eigenvalue weighted by Crippen LogP contribution is -2.61. The minimum atomic E-state index is 0. The van der Waals surface area contributed by atoms with Crippen molar-refractivity contribution in [3.05, 3.63) is 23.9 Å². The van der Waals surface area contributed by atoms with Crippen LogP contribution in [0.3, 0.4) is 0 Å². The first-order valence-electron chi connectivity index (χ1n) is 8.85. The molecule has 0 radical (unpaired) electrons. The molecule has 1 N–H and O–H groups in total. The number of nitrogens with zero attached hydrogens (tertiary/aromatic N) is 3. The van der Waals surface area contributed by atoms with E-state index < -0.39 is 0 Å². The third-order valence-corrected chi connectivity index (χ3v) is 5.52. The van der Waals surface area contributed by atoms with Gasteiger partial charge in [-0.05, 0) is 31.4 Å². The van der Waals surface area contributed by atoms with E-state index in [1.165, 1.54) is 37.7 Å². The first-order chi connectivity index (χ1) is 10.7. The summed E-state index contributed by atoms with van der Waals surface area (Å²) < 4.78 is 0. The second kappa shape index (κ2) is 8.32. The summed E-state index contributed by atoms with van der Waals surface area (Å²) in [7, 11) is 2.09. The van der Waals surface area contributed by atoms with Gasteiger partial charge in [-0.25, -0.2) is 4.98 Å². The predicted octanol–water partition coefficient (Wildman–Crippen LogP) is 3.07. The molecular weight excluding hydrogens is 308 g/mol. The third kappa shape index (κ3) is 4.17. The van der Waals surface area contributed by atoms with Crippen molar-refractivity contribution in [3.63, 3.8) is 0 Å². The van der Waals surface area contributed by atoms with Gasteiger partial charge in [0.1, 0.15) is 5.82 Å². The predicted molar refractivity (Wildman–Crippen MR) is 99.5 cm³/mol. The topological polar surface area (TPSA) is 31.4 Å². The monoisotopic (exact) mass is 338 g/mol. The molecule has 0 unspecified atom stereocenters. The molecule has 0 bridgehead atoms. The summed E-state index contributed by atoms with van der Waals surface area (Å²) in [6.07, 6.45) is 8.96. The van der Waals surface area contributed by atoms with E-state index in [1.54, 1.807) is 0 Å². The summed E-state index contributed by atoms with van der Waals surface area (Å²) in [5, 5.41) is 3.63. The molecule has 0 amide bonds. The Hall–Kier alpha value is -0.840. The van der Waals surface area contributed by atoms with Crippen LogP contribution in [0, 0.1) is 0 Å². The van der Waals surface area contributed by atoms with Crippen LogP contribution < -0.4 is 10.2 Å². The molecule has 1 aromatic heterocycles. The second-order valence-electron chi connectivity index (χ2n) is 6.92. The van der Waals surface area contributed by atoms with Gasteiger partial charge in [0.15, 0.2) is 0 Å². The van der Waals surface area contributed by atoms with Gasteiger partial charge in [-0.2, -0.15) is 0 Å². The molecule has 4 nitrogen and oxygen atoms in total. The SMILES string of the molecule is CCN(C)c1ccc(CN2CCNCC23CCCCC3)cn1.Cl. The van der Waals surface area contributed by atoms with E-state index in [1.807, 2.05) is 0 Å². The number of anilines is 1. The fraction of sp³-hybridized carbons (Fsp3) is 0.722. The van der Waals surface area contributed by atoms with E-state index in [2.05, 4.69) is 52.4 Å². The third-order valence-electron chi connectivity index (χ3n) is 5.52. The molecule has 1 aliphatic heterocycles. The standard InChI is InChI=1S/C18H30N4.ClH/c1-3-21(2)17-8-7-16(13-20-17)14-22-12-11-19-15-18(22)9-5-4-6-10-18;/h7-8,13,19H,3-6,9-12,14-15H2,1-2H3;1H. The van der Waals surface area contributed by atoms with Crippen molar-refractivity contribution in [3.8, 4) is 0 Å². The van der Waals surface area contributed by atoms with Crippen LogP contribution in [0.5, 0.6) is 0 Å². The Morgan fingerprint density at radius 3 is 2.70 bits per heavy atom. The highest BCUT2D eigenvalue weighted by Crippen LogP contribution is 2.35. The number of halogens is 1. The molecule has 130 valence electrons. The molecule has 1 spiro atoms. The van der Waals surface area contributed by atoms with Crippen LogP contribution in [-0.2, 0) is 6.54 Å². The van der Waals surface area contributed by atoms with Gasteiger partial charge >= 0.3 is 0 Å². The van der Waals surface area contributed by atoms with Crippen molar-refractivity contribution in [2.75, 3.05) is 38.1 Å². The maximum atomic E-state index is 4.63. The van der Waals surface area contributed by atoms with Crippen LogP contribution >= 0.6 is 12.4 Å². The number of rotatable bonds is 4. The van der Waals surface area contributed by atoms with Gasteiger partial charge in [-0.3, -0.25) is 4.90 Å². The smallest absolute Gasteiger partial charge is 0.128 e. The zero-order chi connectivity index (χ0) is 15.4. The molecule has 0 atom stereocenters. The van der Waals surface area contributed by atoms with Gasteiger partial charge in [0.25, 0.3) is 0 Å². The lowest BCUT2D eigenvalue weighted by molar-refractivity contribution is 0.0208. The zero-order valence-electron chi connectivity index (χ0n) is 14.6. The Morgan fingerprint density at radius 1 is 1.26 bits per heavy atom. The Kier molecular flexibility index (Phi) is 6.69. The molecule has 1 saturated heterocycles. The van der Waals surface area contributed by atoms with Crippen molar-refractivity contribution >= 4 is 18.2 Å². The average molecular weight is 339 g/mol. The van der Waals surface area contributed by atoms with Gasteiger partial charge in [0.05, 0.1) is 0 Å². The maximum Gasteiger partial charge on any atom is 0.128 e. The molecule has 0 aromatic carbocycles. The van der Waals surface area contributed by atoms with Gasteiger partial charge in [-0.1, -0.05) is 25.3 Å². The lowest BCUT2D eigenvalue weighted by Gasteiger charge is -2.50. The highest BCUT2D eigenvalue weighted by molar-refractivity contribution is 5.85. The second-order valence-corrected chi connectivity index (χ2v) is 6.92. The number of piperazine rings is 1. The molecule has 2 fully saturated rings. The first-order valence-corrected chi connectivity index (χ1v) is 8.85. The quantitative estimate of drug-likeness (QED) is 0.914. The van der Waals surface area contributed by atoms with E-state index in [-0.39, 0.29) is 12.4 Å². The van der Waals surface area contributed by atoms with Gasteiger partial charge in [-0.15, -0.1) is 12.4 Å². The van der Waals surface area contributed by atoms with E-state index in [0.29, 0.717) is 5.54 Å². The van der Waals surface area contributed by atoms with Crippen molar-refractivity contribution in [2.45, 2.75) is 51.1 Å². The molecule has 1 aliphatic carbocycles. The Morgan fingerprint density at radius 2 is 2.04 bits per heavy atom. The minimum Gasteiger partial charge on any atom is -0.360 e. The van der Waals surface area contributed by atoms with Crippen molar-refractivity contribution < 1.29 is 0 Å². The number of aromatic nitrogens is 1. The highest BCUT2D eigenvalue weighted by atomic mass is 35.5. The van der Waals surface area contributed by atoms with Gasteiger partial charge in [0, 0.05) is 51.5 Å². The summed E-state index contributed by atoms with van der Waals surface area (Å²) in [5.74, 6) is 1.07. The molecule has 5 heteroatoms. The maximum absolute atomic E-state index is 4.63. The molecule has 3 rings (SSSR count). The van der Waals surface area contributed by atoms with Crippen molar-refractivity contribution in [1.82, 2.24) is 15.2 Å². The van der Waals surface area contributed by atoms with E-state index in [9.17, 15) is 0 Å². The largest absolute Gasteiger partial charge is 0.360 e. The number of nitrogens with one attached hydrogen (secondary N) is 1. The molecule has 2 aliphatic rings. The molecule has 23 heavy (non-hydrogen) atoms. The van der Waals surface area contributed by atoms with Crippen LogP contribution in [0.2, 0.25) is 0 Å². The van der Waals surface area contributed by atoms with Crippen molar-refractivity contribution in [1.29, 1.82) is 0 Å². The van der Waals surface area contributed by atoms with Gasteiger partial charge < -0.3 is 10.2 Å². The summed E-state index contributed by atoms with van der Waals surface area (Å²) in [6, 6.07) is 4.42. The minimum absolute atomic E-state index is 0. The van der Waals surface area contributed by atoms with Crippen molar-refractivity contribution in [2.24, 2.45) is 0 Å². The summed E-state index contributed by atoms with van der Waals surface area (Å²) in [6.45, 7) is 7.64. The van der Waals surface area contributed by atoms with Crippen LogP contribution in [0.15, 0.2) is 18.3 Å². The Balaban J connectivity index is 0.00000192. The van der Waals surface area contributed by atoms with Crippen LogP contribution in [0.1, 0.15) is 44.6 Å². The van der Waals surface area contributed by atoms with Crippen LogP contribution in [0.4, 0.5) is 5.82 Å². The van der Waals surface area contributed by atoms with Crippen LogP contribution in [-0.4, -0.2) is 48.6 Å². The normalized spacial score (nSPS) is 21.0. The zero-order valence-corrected chi connectivity index (χ0v) is 15.4. The fourth-order valence-electron chi connectivity index (χ4n) is 3.95. The number of pyridine rings is 1. The van der Waals surface area contributed by atoms with E-state index in [4.69, 9.17) is 0 Å². The fourth-order valence-corrected chi connectivity index (χ4v) is 3.95. The Labute approximate surface area is 147 Å². The van der Waals surface area contributed by atoms with Crippen LogP contribution in [0.25, 0.3) is 0 Å². The summed E-state index contributed by atoms with van der Waals surface area (Å²) in [4.78, 5) is 9.54. The first kappa shape index (κ1) is 18.5. The van der Waals surface area contributed by atoms with Gasteiger partial charge in [0.2, 0.25) is 0 Å². The molecule has 1 aromatic rings. The lowest BCUT2D eigenvalue weighted by atomic mass is 9.79. The average Bonchev–Trinajstić information content (AvgIpc) is 2.58. The molecule has 2 heterocycles.